The molecule has 0 fully saturated rings. The minimum atomic E-state index is -4.64. The number of hydrogen-bond donors (Lipinski definition) is 3. The van der Waals surface area contributed by atoms with Gasteiger partial charge in [0.25, 0.3) is 0 Å². The number of nitrogens with zero attached hydrogens (tertiary/aromatic N) is 1. The standard InChI is InChI=1S/C17H20NO6P/c1-18(25(21,22)23)15(17(19)20)11-12-7-9-13(10-8-12)14-5-3-4-6-16(14)24-2/h3-10,15H,11H2,1-2H3,(H,19,20)(H2,21,22,23)/t15-/m0/s1. The van der Waals surface area contributed by atoms with Gasteiger partial charge in [-0.3, -0.25) is 4.79 Å². The fourth-order valence-electron chi connectivity index (χ4n) is 2.49. The van der Waals surface area contributed by atoms with Crippen LogP contribution in [-0.2, 0) is 15.8 Å². The van der Waals surface area contributed by atoms with Crippen molar-refractivity contribution in [3.8, 4) is 16.9 Å². The smallest absolute Gasteiger partial charge is 0.403 e. The Labute approximate surface area is 145 Å². The Morgan fingerprint density at radius 2 is 1.76 bits per heavy atom. The first-order chi connectivity index (χ1) is 11.7. The first-order valence-electron chi connectivity index (χ1n) is 7.48. The third kappa shape index (κ3) is 4.67. The summed E-state index contributed by atoms with van der Waals surface area (Å²) < 4.78 is 17.2. The van der Waals surface area contributed by atoms with Gasteiger partial charge in [-0.05, 0) is 30.7 Å². The van der Waals surface area contributed by atoms with Crippen molar-refractivity contribution in [2.24, 2.45) is 0 Å². The summed E-state index contributed by atoms with van der Waals surface area (Å²) in [6.45, 7) is 0. The molecular formula is C17H20NO6P. The van der Waals surface area contributed by atoms with E-state index in [9.17, 15) is 24.3 Å². The highest BCUT2D eigenvalue weighted by molar-refractivity contribution is 7.49. The molecule has 7 nitrogen and oxygen atoms in total. The second-order valence-electron chi connectivity index (χ2n) is 5.54. The molecule has 134 valence electrons. The first kappa shape index (κ1) is 19.1. The zero-order valence-electron chi connectivity index (χ0n) is 13.9. The Bertz CT molecular complexity index is 786. The summed E-state index contributed by atoms with van der Waals surface area (Å²) in [5.74, 6) is -0.570. The zero-order valence-corrected chi connectivity index (χ0v) is 14.8. The van der Waals surface area contributed by atoms with Crippen LogP contribution < -0.4 is 4.74 Å². The molecule has 0 saturated heterocycles. The van der Waals surface area contributed by atoms with E-state index in [1.165, 1.54) is 0 Å². The van der Waals surface area contributed by atoms with Gasteiger partial charge in [-0.25, -0.2) is 4.57 Å². The summed E-state index contributed by atoms with van der Waals surface area (Å²) >= 11 is 0. The Hall–Kier alpha value is -2.18. The predicted octanol–water partition coefficient (Wildman–Crippen LogP) is 2.38. The van der Waals surface area contributed by atoms with Gasteiger partial charge in [-0.15, -0.1) is 0 Å². The quantitative estimate of drug-likeness (QED) is 0.647. The molecule has 0 saturated carbocycles. The van der Waals surface area contributed by atoms with Crippen LogP contribution in [0, 0.1) is 0 Å². The number of benzene rings is 2. The number of methoxy groups -OCH3 is 1. The summed E-state index contributed by atoms with van der Waals surface area (Å²) in [6.07, 6.45) is -0.0247. The largest absolute Gasteiger partial charge is 0.496 e. The van der Waals surface area contributed by atoms with E-state index in [4.69, 9.17) is 4.74 Å². The molecule has 0 aliphatic carbocycles. The number of ether oxygens (including phenoxy) is 1. The Balaban J connectivity index is 2.24. The number of carboxylic acid groups (broad SMARTS) is 1. The maximum Gasteiger partial charge on any atom is 0.403 e. The summed E-state index contributed by atoms with van der Waals surface area (Å²) in [4.78, 5) is 29.7. The lowest BCUT2D eigenvalue weighted by molar-refractivity contribution is -0.141. The predicted molar refractivity (Wildman–Crippen MR) is 93.4 cm³/mol. The van der Waals surface area contributed by atoms with Crippen molar-refractivity contribution < 1.29 is 29.0 Å². The maximum atomic E-state index is 11.4. The van der Waals surface area contributed by atoms with E-state index >= 15 is 0 Å². The highest BCUT2D eigenvalue weighted by atomic mass is 31.2. The molecule has 0 aliphatic heterocycles. The molecule has 0 aliphatic rings. The van der Waals surface area contributed by atoms with E-state index < -0.39 is 19.8 Å². The number of carbonyl (C=O) groups is 1. The Morgan fingerprint density at radius 3 is 2.28 bits per heavy atom. The molecule has 25 heavy (non-hydrogen) atoms. The van der Waals surface area contributed by atoms with E-state index in [-0.39, 0.29) is 6.42 Å². The fourth-order valence-corrected chi connectivity index (χ4v) is 3.03. The zero-order chi connectivity index (χ0) is 18.6. The van der Waals surface area contributed by atoms with Gasteiger partial charge < -0.3 is 19.6 Å². The van der Waals surface area contributed by atoms with Crippen LogP contribution in [0.5, 0.6) is 5.75 Å². The summed E-state index contributed by atoms with van der Waals surface area (Å²) in [5.41, 5.74) is 2.46. The molecular weight excluding hydrogens is 345 g/mol. The molecule has 3 N–H and O–H groups in total. The number of aliphatic carboxylic acids is 1. The fraction of sp³-hybridized carbons (Fsp3) is 0.235. The molecule has 0 spiro atoms. The van der Waals surface area contributed by atoms with Crippen molar-refractivity contribution in [3.63, 3.8) is 0 Å². The maximum absolute atomic E-state index is 11.4. The van der Waals surface area contributed by atoms with Gasteiger partial charge in [-0.1, -0.05) is 42.5 Å². The van der Waals surface area contributed by atoms with E-state index in [0.717, 1.165) is 23.9 Å². The normalized spacial score (nSPS) is 12.8. The van der Waals surface area contributed by atoms with Crippen LogP contribution >= 0.6 is 7.75 Å². The Kier molecular flexibility index (Phi) is 5.98. The number of para-hydroxylation sites is 1. The number of hydrogen-bond acceptors (Lipinski definition) is 3. The first-order valence-corrected chi connectivity index (χ1v) is 9.04. The van der Waals surface area contributed by atoms with Crippen molar-refractivity contribution in [1.29, 1.82) is 0 Å². The minimum Gasteiger partial charge on any atom is -0.496 e. The van der Waals surface area contributed by atoms with E-state index in [1.54, 1.807) is 19.2 Å². The van der Waals surface area contributed by atoms with E-state index in [0.29, 0.717) is 10.2 Å². The van der Waals surface area contributed by atoms with Crippen LogP contribution in [-0.4, -0.2) is 45.7 Å². The Morgan fingerprint density at radius 1 is 1.16 bits per heavy atom. The van der Waals surface area contributed by atoms with Gasteiger partial charge in [0.1, 0.15) is 11.8 Å². The van der Waals surface area contributed by atoms with Gasteiger partial charge in [0, 0.05) is 5.56 Å². The van der Waals surface area contributed by atoms with Gasteiger partial charge >= 0.3 is 13.7 Å². The average molecular weight is 365 g/mol. The molecule has 0 heterocycles. The van der Waals surface area contributed by atoms with Crippen LogP contribution in [0.4, 0.5) is 0 Å². The molecule has 0 amide bonds. The summed E-state index contributed by atoms with van der Waals surface area (Å²) in [5, 5.41) is 9.27. The van der Waals surface area contributed by atoms with Crippen molar-refractivity contribution in [1.82, 2.24) is 4.67 Å². The van der Waals surface area contributed by atoms with Gasteiger partial charge in [0.05, 0.1) is 7.11 Å². The van der Waals surface area contributed by atoms with Crippen LogP contribution in [0.3, 0.4) is 0 Å². The molecule has 1 atom stereocenters. The molecule has 2 rings (SSSR count). The third-order valence-corrected chi connectivity index (χ3v) is 5.05. The average Bonchev–Trinajstić information content (AvgIpc) is 2.58. The lowest BCUT2D eigenvalue weighted by Crippen LogP contribution is -2.38. The van der Waals surface area contributed by atoms with Crippen LogP contribution in [0.1, 0.15) is 5.56 Å². The van der Waals surface area contributed by atoms with Crippen LogP contribution in [0.2, 0.25) is 0 Å². The van der Waals surface area contributed by atoms with Gasteiger partial charge in [0.15, 0.2) is 0 Å². The van der Waals surface area contributed by atoms with E-state index in [1.807, 2.05) is 36.4 Å². The highest BCUT2D eigenvalue weighted by Crippen LogP contribution is 2.40. The highest BCUT2D eigenvalue weighted by Gasteiger charge is 2.33. The molecule has 0 bridgehead atoms. The molecule has 0 radical (unpaired) electrons. The monoisotopic (exact) mass is 365 g/mol. The van der Waals surface area contributed by atoms with Crippen molar-refractivity contribution >= 4 is 13.7 Å². The van der Waals surface area contributed by atoms with Crippen LogP contribution in [0.15, 0.2) is 48.5 Å². The SMILES string of the molecule is COc1ccccc1-c1ccc(C[C@@H](C(=O)O)N(C)P(=O)(O)O)cc1. The molecule has 8 heteroatoms. The second kappa shape index (κ2) is 7.80. The molecule has 0 unspecified atom stereocenters. The van der Waals surface area contributed by atoms with Crippen molar-refractivity contribution in [2.45, 2.75) is 12.5 Å². The number of carboxylic acids is 1. The molecule has 2 aromatic carbocycles. The second-order valence-corrected chi connectivity index (χ2v) is 7.20. The van der Waals surface area contributed by atoms with Gasteiger partial charge in [-0.2, -0.15) is 4.67 Å². The topological polar surface area (TPSA) is 107 Å². The summed E-state index contributed by atoms with van der Waals surface area (Å²) in [7, 11) is -1.95. The minimum absolute atomic E-state index is 0.0247. The lowest BCUT2D eigenvalue weighted by atomic mass is 10.00. The lowest BCUT2D eigenvalue weighted by Gasteiger charge is -2.25. The van der Waals surface area contributed by atoms with Gasteiger partial charge in [0.2, 0.25) is 0 Å². The number of rotatable bonds is 7. The molecule has 2 aromatic rings. The number of likely N-dealkylation sites (N-methyl/N-ethyl adjacent to an activating group) is 1. The van der Waals surface area contributed by atoms with Crippen LogP contribution in [0.25, 0.3) is 11.1 Å². The third-order valence-electron chi connectivity index (χ3n) is 3.95. The summed E-state index contributed by atoms with van der Waals surface area (Å²) in [6, 6.07) is 13.3. The van der Waals surface area contributed by atoms with E-state index in [2.05, 4.69) is 0 Å². The molecule has 0 aromatic heterocycles. The van der Waals surface area contributed by atoms with Crippen molar-refractivity contribution in [3.05, 3.63) is 54.1 Å². The van der Waals surface area contributed by atoms with Crippen molar-refractivity contribution in [2.75, 3.05) is 14.2 Å².